The fourth-order valence-corrected chi connectivity index (χ4v) is 5.32. The molecule has 1 aliphatic heterocycles. The van der Waals surface area contributed by atoms with Gasteiger partial charge < -0.3 is 18.9 Å². The second-order valence-electron chi connectivity index (χ2n) is 10.4. The van der Waals surface area contributed by atoms with Crippen LogP contribution < -0.4 is 4.74 Å². The fourth-order valence-electron chi connectivity index (χ4n) is 4.82. The van der Waals surface area contributed by atoms with Crippen LogP contribution in [0.1, 0.15) is 61.9 Å². The van der Waals surface area contributed by atoms with Crippen LogP contribution >= 0.6 is 15.9 Å². The lowest BCUT2D eigenvalue weighted by Gasteiger charge is -2.30. The van der Waals surface area contributed by atoms with Crippen LogP contribution in [0.3, 0.4) is 0 Å². The van der Waals surface area contributed by atoms with Crippen LogP contribution in [0.5, 0.6) is 5.75 Å². The first-order chi connectivity index (χ1) is 20.0. The molecular formula is C30H34BrFN4O6. The highest BCUT2D eigenvalue weighted by Gasteiger charge is 2.38. The summed E-state index contributed by atoms with van der Waals surface area (Å²) in [5.41, 5.74) is 2.28. The number of fused-ring (bicyclic) bond motifs is 3. The average Bonchev–Trinajstić information content (AvgIpc) is 3.29. The summed E-state index contributed by atoms with van der Waals surface area (Å²) in [5.74, 6) is -0.0273. The molecule has 0 radical (unpaired) electrons. The number of nitrogens with zero attached hydrogens (tertiary/aromatic N) is 4. The second kappa shape index (κ2) is 13.1. The van der Waals surface area contributed by atoms with Crippen molar-refractivity contribution >= 4 is 33.6 Å². The molecule has 1 aromatic carbocycles. The van der Waals surface area contributed by atoms with E-state index >= 15 is 4.39 Å². The van der Waals surface area contributed by atoms with E-state index in [2.05, 4.69) is 30.6 Å². The number of carbonyl (C=O) groups excluding carboxylic acids is 2. The highest BCUT2D eigenvalue weighted by atomic mass is 79.9. The molecule has 4 rings (SSSR count). The smallest absolute Gasteiger partial charge is 0.335 e. The van der Waals surface area contributed by atoms with Gasteiger partial charge in [-0.1, -0.05) is 6.07 Å². The number of alkyl halides is 1. The highest BCUT2D eigenvalue weighted by molar-refractivity contribution is 9.10. The SMILES string of the molecule is COC(=O)C(CC(F)C(C)(C)OC(=O)CC[C@@H]1N=C(c2ccccn2)c2cc(Br)c(OC)cc2-n2c(C)cnc21)OC. The van der Waals surface area contributed by atoms with E-state index in [0.29, 0.717) is 23.0 Å². The number of aliphatic imine (C=N–C) groups is 1. The molecule has 0 amide bonds. The van der Waals surface area contributed by atoms with Gasteiger partial charge in [-0.25, -0.2) is 14.2 Å². The molecule has 224 valence electrons. The minimum Gasteiger partial charge on any atom is -0.495 e. The van der Waals surface area contributed by atoms with E-state index < -0.39 is 35.9 Å². The van der Waals surface area contributed by atoms with Gasteiger partial charge >= 0.3 is 11.9 Å². The topological polar surface area (TPSA) is 114 Å². The van der Waals surface area contributed by atoms with Crippen LogP contribution in [0, 0.1) is 6.92 Å². The Labute approximate surface area is 252 Å². The normalized spacial score (nSPS) is 15.9. The summed E-state index contributed by atoms with van der Waals surface area (Å²) in [6, 6.07) is 8.90. The van der Waals surface area contributed by atoms with E-state index in [4.69, 9.17) is 19.2 Å². The van der Waals surface area contributed by atoms with Gasteiger partial charge in [0.15, 0.2) is 6.10 Å². The summed E-state index contributed by atoms with van der Waals surface area (Å²) < 4.78 is 38.8. The van der Waals surface area contributed by atoms with E-state index in [1.165, 1.54) is 28.1 Å². The van der Waals surface area contributed by atoms with Crippen LogP contribution in [0.4, 0.5) is 4.39 Å². The molecule has 3 aromatic rings. The maximum absolute atomic E-state index is 15.2. The molecule has 1 aliphatic rings. The first kappa shape index (κ1) is 31.3. The quantitative estimate of drug-likeness (QED) is 0.260. The van der Waals surface area contributed by atoms with E-state index in [9.17, 15) is 9.59 Å². The number of hydrogen-bond donors (Lipinski definition) is 0. The molecule has 42 heavy (non-hydrogen) atoms. The molecule has 2 unspecified atom stereocenters. The third-order valence-electron chi connectivity index (χ3n) is 7.14. The molecule has 0 saturated heterocycles. The average molecular weight is 646 g/mol. The zero-order chi connectivity index (χ0) is 30.6. The number of benzene rings is 1. The van der Waals surface area contributed by atoms with Gasteiger partial charge in [-0.2, -0.15) is 0 Å². The van der Waals surface area contributed by atoms with Crippen molar-refractivity contribution in [2.24, 2.45) is 4.99 Å². The molecule has 0 spiro atoms. The Bertz CT molecular complexity index is 1480. The summed E-state index contributed by atoms with van der Waals surface area (Å²) in [5, 5.41) is 0. The van der Waals surface area contributed by atoms with Crippen LogP contribution in [-0.2, 0) is 23.8 Å². The Balaban J connectivity index is 1.63. The van der Waals surface area contributed by atoms with Crippen molar-refractivity contribution in [2.75, 3.05) is 21.3 Å². The molecule has 0 bridgehead atoms. The summed E-state index contributed by atoms with van der Waals surface area (Å²) in [4.78, 5) is 39.2. The summed E-state index contributed by atoms with van der Waals surface area (Å²) in [6.45, 7) is 4.86. The zero-order valence-electron chi connectivity index (χ0n) is 24.4. The Kier molecular flexibility index (Phi) is 9.78. The number of halogens is 2. The fraction of sp³-hybridized carbons (Fsp3) is 0.433. The Hall–Kier alpha value is -3.64. The predicted molar refractivity (Wildman–Crippen MR) is 157 cm³/mol. The van der Waals surface area contributed by atoms with Crippen LogP contribution in [0.15, 0.2) is 52.2 Å². The molecule has 0 N–H and O–H groups in total. The monoisotopic (exact) mass is 644 g/mol. The van der Waals surface area contributed by atoms with Crippen LogP contribution in [0.25, 0.3) is 5.69 Å². The van der Waals surface area contributed by atoms with Gasteiger partial charge in [0, 0.05) is 49.7 Å². The van der Waals surface area contributed by atoms with Gasteiger partial charge in [0.1, 0.15) is 29.4 Å². The molecule has 0 aliphatic carbocycles. The van der Waals surface area contributed by atoms with Crippen molar-refractivity contribution in [1.82, 2.24) is 14.5 Å². The standard InChI is InChI=1S/C30H34BrFN4O6/c1-17-16-34-28-21(10-11-26(37)42-30(2,3)25(32)15-24(40-5)29(38)41-6)35-27(20-9-7-8-12-33-20)18-13-19(31)23(39-4)14-22(18)36(17)28/h7-9,12-14,16,21,24-25H,10-11,15H2,1-6H3/t21-,24?,25?/m0/s1. The summed E-state index contributed by atoms with van der Waals surface area (Å²) in [6.07, 6.45) is 0.522. The van der Waals surface area contributed by atoms with Gasteiger partial charge in [0.2, 0.25) is 0 Å². The lowest BCUT2D eigenvalue weighted by atomic mass is 9.97. The number of hydrogen-bond acceptors (Lipinski definition) is 9. The number of esters is 2. The van der Waals surface area contributed by atoms with E-state index in [-0.39, 0.29) is 19.3 Å². The number of pyridine rings is 1. The lowest BCUT2D eigenvalue weighted by Crippen LogP contribution is -2.42. The highest BCUT2D eigenvalue weighted by Crippen LogP contribution is 2.38. The summed E-state index contributed by atoms with van der Waals surface area (Å²) in [7, 11) is 4.09. The molecule has 10 nitrogen and oxygen atoms in total. The van der Waals surface area contributed by atoms with Gasteiger partial charge in [0.25, 0.3) is 0 Å². The van der Waals surface area contributed by atoms with Crippen LogP contribution in [0.2, 0.25) is 0 Å². The van der Waals surface area contributed by atoms with Gasteiger partial charge in [0.05, 0.1) is 35.8 Å². The zero-order valence-corrected chi connectivity index (χ0v) is 26.0. The molecule has 12 heteroatoms. The number of aromatic nitrogens is 3. The molecule has 2 aromatic heterocycles. The van der Waals surface area contributed by atoms with Crippen molar-refractivity contribution in [1.29, 1.82) is 0 Å². The third-order valence-corrected chi connectivity index (χ3v) is 7.76. The van der Waals surface area contributed by atoms with Crippen molar-refractivity contribution < 1.29 is 32.9 Å². The molecule has 3 atom stereocenters. The first-order valence-electron chi connectivity index (χ1n) is 13.4. The van der Waals surface area contributed by atoms with E-state index in [0.717, 1.165) is 21.4 Å². The van der Waals surface area contributed by atoms with Crippen molar-refractivity contribution in [3.63, 3.8) is 0 Å². The van der Waals surface area contributed by atoms with Gasteiger partial charge in [-0.05, 0) is 61.3 Å². The Morgan fingerprint density at radius 2 is 1.93 bits per heavy atom. The Morgan fingerprint density at radius 1 is 1.17 bits per heavy atom. The minimum atomic E-state index is -1.68. The lowest BCUT2D eigenvalue weighted by molar-refractivity contribution is -0.167. The first-order valence-corrected chi connectivity index (χ1v) is 14.2. The van der Waals surface area contributed by atoms with E-state index in [1.807, 2.05) is 41.8 Å². The largest absolute Gasteiger partial charge is 0.495 e. The third kappa shape index (κ3) is 6.54. The maximum atomic E-state index is 15.2. The van der Waals surface area contributed by atoms with Crippen molar-refractivity contribution in [3.05, 3.63) is 70.0 Å². The van der Waals surface area contributed by atoms with E-state index in [1.54, 1.807) is 19.5 Å². The summed E-state index contributed by atoms with van der Waals surface area (Å²) >= 11 is 3.60. The van der Waals surface area contributed by atoms with Crippen molar-refractivity contribution in [3.8, 4) is 11.4 Å². The number of rotatable bonds is 11. The number of aryl methyl sites for hydroxylation is 1. The number of imidazole rings is 1. The molecule has 0 fully saturated rings. The van der Waals surface area contributed by atoms with Crippen LogP contribution in [-0.4, -0.2) is 71.4 Å². The minimum absolute atomic E-state index is 0.0558. The maximum Gasteiger partial charge on any atom is 0.335 e. The van der Waals surface area contributed by atoms with Crippen molar-refractivity contribution in [2.45, 2.75) is 64.0 Å². The molecular weight excluding hydrogens is 611 g/mol. The van der Waals surface area contributed by atoms with Gasteiger partial charge in [-0.15, -0.1) is 0 Å². The Morgan fingerprint density at radius 3 is 2.57 bits per heavy atom. The molecule has 0 saturated carbocycles. The second-order valence-corrected chi connectivity index (χ2v) is 11.2. The molecule has 3 heterocycles. The van der Waals surface area contributed by atoms with Gasteiger partial charge in [-0.3, -0.25) is 19.3 Å². The predicted octanol–water partition coefficient (Wildman–Crippen LogP) is 5.26. The number of carbonyl (C=O) groups is 2. The number of methoxy groups -OCH3 is 3. The number of ether oxygens (including phenoxy) is 4.